The Morgan fingerprint density at radius 1 is 1.03 bits per heavy atom. The number of sulfonamides is 1. The van der Waals surface area contributed by atoms with Crippen LogP contribution >= 0.6 is 0 Å². The van der Waals surface area contributed by atoms with E-state index in [2.05, 4.69) is 25.6 Å². The molecule has 0 saturated carbocycles. The van der Waals surface area contributed by atoms with E-state index in [-0.39, 0.29) is 49.3 Å². The van der Waals surface area contributed by atoms with E-state index in [0.717, 1.165) is 5.56 Å². The second-order valence-electron chi connectivity index (χ2n) is 8.15. The van der Waals surface area contributed by atoms with Crippen LogP contribution < -0.4 is 0 Å². The minimum atomic E-state index is -3.66. The molecule has 4 heterocycles. The van der Waals surface area contributed by atoms with Crippen molar-refractivity contribution < 1.29 is 13.2 Å². The molecule has 1 amide bonds. The molecule has 1 aliphatic rings. The van der Waals surface area contributed by atoms with Crippen molar-refractivity contribution in [3.8, 4) is 11.4 Å². The number of aryl methyl sites for hydroxylation is 1. The maximum atomic E-state index is 13.0. The molecule has 1 fully saturated rings. The summed E-state index contributed by atoms with van der Waals surface area (Å²) in [5.41, 5.74) is 1.70. The summed E-state index contributed by atoms with van der Waals surface area (Å²) >= 11 is 0. The van der Waals surface area contributed by atoms with E-state index >= 15 is 0 Å². The van der Waals surface area contributed by atoms with Crippen LogP contribution in [0.1, 0.15) is 16.2 Å². The molecule has 1 aromatic carbocycles. The standard InChI is InChI=1S/C21H24N10O3S/c1-16-19(14-22-27(16)2)35(33,34)30-12-10-28(11-13-30)21(32)18-8-9-29(24-18)15-31-25-20(23-26-31)17-6-4-3-5-7-17/h3-9,14H,10-13,15H2,1-2H3. The lowest BCUT2D eigenvalue weighted by Gasteiger charge is -2.33. The Labute approximate surface area is 201 Å². The average molecular weight is 497 g/mol. The first-order valence-corrected chi connectivity index (χ1v) is 12.4. The van der Waals surface area contributed by atoms with Gasteiger partial charge in [0.25, 0.3) is 5.91 Å². The average Bonchev–Trinajstić information content (AvgIpc) is 3.61. The Bertz CT molecular complexity index is 1450. The van der Waals surface area contributed by atoms with Crippen LogP contribution in [0.5, 0.6) is 0 Å². The molecule has 1 saturated heterocycles. The zero-order chi connectivity index (χ0) is 24.6. The van der Waals surface area contributed by atoms with Crippen molar-refractivity contribution in [3.05, 3.63) is 60.2 Å². The number of piperazine rings is 1. The molecule has 3 aromatic heterocycles. The Balaban J connectivity index is 1.21. The van der Waals surface area contributed by atoms with E-state index in [1.54, 1.807) is 35.8 Å². The van der Waals surface area contributed by atoms with Crippen LogP contribution in [0.3, 0.4) is 0 Å². The molecule has 0 atom stereocenters. The van der Waals surface area contributed by atoms with Crippen molar-refractivity contribution in [2.24, 2.45) is 7.05 Å². The molecular weight excluding hydrogens is 472 g/mol. The molecule has 0 spiro atoms. The van der Waals surface area contributed by atoms with Gasteiger partial charge < -0.3 is 4.90 Å². The van der Waals surface area contributed by atoms with Gasteiger partial charge in [0.05, 0.1) is 11.9 Å². The zero-order valence-electron chi connectivity index (χ0n) is 19.3. The normalized spacial score (nSPS) is 15.0. The van der Waals surface area contributed by atoms with Gasteiger partial charge in [0.2, 0.25) is 15.8 Å². The number of hydrogen-bond donors (Lipinski definition) is 0. The molecule has 1 aliphatic heterocycles. The Morgan fingerprint density at radius 2 is 1.77 bits per heavy atom. The van der Waals surface area contributed by atoms with Crippen LogP contribution in [-0.4, -0.2) is 89.5 Å². The van der Waals surface area contributed by atoms with E-state index < -0.39 is 10.0 Å². The number of carbonyl (C=O) groups excluding carboxylic acids is 1. The molecule has 0 N–H and O–H groups in total. The van der Waals surface area contributed by atoms with Gasteiger partial charge in [-0.05, 0) is 18.2 Å². The number of carbonyl (C=O) groups is 1. The summed E-state index contributed by atoms with van der Waals surface area (Å²) in [5.74, 6) is 0.248. The third-order valence-electron chi connectivity index (χ3n) is 5.95. The zero-order valence-corrected chi connectivity index (χ0v) is 20.1. The van der Waals surface area contributed by atoms with E-state index in [9.17, 15) is 13.2 Å². The van der Waals surface area contributed by atoms with Gasteiger partial charge in [-0.25, -0.2) is 13.1 Å². The topological polar surface area (TPSA) is 137 Å². The maximum Gasteiger partial charge on any atom is 0.274 e. The predicted molar refractivity (Wildman–Crippen MR) is 123 cm³/mol. The highest BCUT2D eigenvalue weighted by Crippen LogP contribution is 2.21. The number of amides is 1. The lowest BCUT2D eigenvalue weighted by Crippen LogP contribution is -2.50. The second-order valence-corrected chi connectivity index (χ2v) is 10.1. The molecule has 14 heteroatoms. The number of nitrogens with zero attached hydrogens (tertiary/aromatic N) is 10. The second kappa shape index (κ2) is 9.03. The summed E-state index contributed by atoms with van der Waals surface area (Å²) in [7, 11) is -1.96. The van der Waals surface area contributed by atoms with Gasteiger partial charge in [-0.15, -0.1) is 15.0 Å². The van der Waals surface area contributed by atoms with Gasteiger partial charge >= 0.3 is 0 Å². The largest absolute Gasteiger partial charge is 0.335 e. The van der Waals surface area contributed by atoms with Gasteiger partial charge in [0, 0.05) is 45.0 Å². The van der Waals surface area contributed by atoms with Crippen LogP contribution in [0.2, 0.25) is 0 Å². The van der Waals surface area contributed by atoms with Gasteiger partial charge in [-0.2, -0.15) is 14.5 Å². The van der Waals surface area contributed by atoms with Gasteiger partial charge in [0.1, 0.15) is 10.6 Å². The van der Waals surface area contributed by atoms with Crippen molar-refractivity contribution in [2.75, 3.05) is 26.2 Å². The number of rotatable bonds is 6. The summed E-state index contributed by atoms with van der Waals surface area (Å²) in [5, 5.41) is 20.8. The fourth-order valence-corrected chi connectivity index (χ4v) is 5.46. The molecule has 0 unspecified atom stereocenters. The Morgan fingerprint density at radius 3 is 2.46 bits per heavy atom. The molecular formula is C21H24N10O3S. The van der Waals surface area contributed by atoms with Crippen molar-refractivity contribution >= 4 is 15.9 Å². The highest BCUT2D eigenvalue weighted by Gasteiger charge is 2.33. The van der Waals surface area contributed by atoms with Crippen LogP contribution in [0, 0.1) is 6.92 Å². The van der Waals surface area contributed by atoms with Crippen LogP contribution in [-0.2, 0) is 23.7 Å². The number of hydrogen-bond acceptors (Lipinski definition) is 8. The third-order valence-corrected chi connectivity index (χ3v) is 7.95. The summed E-state index contributed by atoms with van der Waals surface area (Å²) in [4.78, 5) is 16.2. The third kappa shape index (κ3) is 4.44. The fourth-order valence-electron chi connectivity index (χ4n) is 3.85. The molecule has 5 rings (SSSR count). The smallest absolute Gasteiger partial charge is 0.274 e. The summed E-state index contributed by atoms with van der Waals surface area (Å²) < 4.78 is 30.4. The molecule has 4 aromatic rings. The van der Waals surface area contributed by atoms with Crippen LogP contribution in [0.15, 0.2) is 53.7 Å². The molecule has 0 radical (unpaired) electrons. The number of benzene rings is 1. The first-order chi connectivity index (χ1) is 16.8. The van der Waals surface area contributed by atoms with E-state index in [4.69, 9.17) is 0 Å². The lowest BCUT2D eigenvalue weighted by atomic mass is 10.2. The summed E-state index contributed by atoms with van der Waals surface area (Å²) in [6, 6.07) is 11.1. The number of tetrazole rings is 1. The summed E-state index contributed by atoms with van der Waals surface area (Å²) in [6.45, 7) is 2.87. The monoisotopic (exact) mass is 496 g/mol. The highest BCUT2D eigenvalue weighted by molar-refractivity contribution is 7.89. The first kappa shape index (κ1) is 22.9. The summed E-state index contributed by atoms with van der Waals surface area (Å²) in [6.07, 6.45) is 3.03. The minimum absolute atomic E-state index is 0.190. The first-order valence-electron chi connectivity index (χ1n) is 11.0. The Hall–Kier alpha value is -3.91. The van der Waals surface area contributed by atoms with E-state index in [1.165, 1.54) is 20.0 Å². The molecule has 0 aliphatic carbocycles. The quantitative estimate of drug-likeness (QED) is 0.370. The van der Waals surface area contributed by atoms with Crippen molar-refractivity contribution in [2.45, 2.75) is 18.5 Å². The molecule has 13 nitrogen and oxygen atoms in total. The fraction of sp³-hybridized carbons (Fsp3) is 0.333. The predicted octanol–water partition coefficient (Wildman–Crippen LogP) is 0.231. The van der Waals surface area contributed by atoms with E-state index in [0.29, 0.717) is 11.5 Å². The van der Waals surface area contributed by atoms with Crippen LogP contribution in [0.25, 0.3) is 11.4 Å². The molecule has 35 heavy (non-hydrogen) atoms. The molecule has 0 bridgehead atoms. The van der Waals surface area contributed by atoms with E-state index in [1.807, 2.05) is 30.3 Å². The SMILES string of the molecule is Cc1c(S(=O)(=O)N2CCN(C(=O)c3ccn(Cn4nnc(-c5ccccc5)n4)n3)CC2)cnn1C. The highest BCUT2D eigenvalue weighted by atomic mass is 32.2. The van der Waals surface area contributed by atoms with Crippen LogP contribution in [0.4, 0.5) is 0 Å². The van der Waals surface area contributed by atoms with Gasteiger partial charge in [-0.3, -0.25) is 9.48 Å². The maximum absolute atomic E-state index is 13.0. The minimum Gasteiger partial charge on any atom is -0.335 e. The van der Waals surface area contributed by atoms with Gasteiger partial charge in [-0.1, -0.05) is 30.3 Å². The lowest BCUT2D eigenvalue weighted by molar-refractivity contribution is 0.0690. The molecule has 182 valence electrons. The Kier molecular flexibility index (Phi) is 5.90. The van der Waals surface area contributed by atoms with Crippen molar-refractivity contribution in [3.63, 3.8) is 0 Å². The van der Waals surface area contributed by atoms with Crippen molar-refractivity contribution in [1.82, 2.24) is 49.0 Å². The number of aromatic nitrogens is 8. The van der Waals surface area contributed by atoms with Gasteiger partial charge in [0.15, 0.2) is 6.67 Å². The van der Waals surface area contributed by atoms with Crippen molar-refractivity contribution in [1.29, 1.82) is 0 Å².